The van der Waals surface area contributed by atoms with E-state index < -0.39 is 5.56 Å². The van der Waals surface area contributed by atoms with Gasteiger partial charge in [-0.3, -0.25) is 4.79 Å². The molecule has 1 aliphatic heterocycles. The standard InChI is InChI=1S/C20H15N3O4S/c1-26-14-7-10-12(8-15(14)27-2)23-9-13(24)17(18(23)22-19(10)25)20-21-11-5-3-4-6-16(11)28-20/h3-8,24H,9H2,1-2H3. The lowest BCUT2D eigenvalue weighted by Gasteiger charge is -2.13. The van der Waals surface area contributed by atoms with Crippen LogP contribution in [0.3, 0.4) is 0 Å². The Morgan fingerprint density at radius 2 is 1.86 bits per heavy atom. The van der Waals surface area contributed by atoms with E-state index in [0.29, 0.717) is 38.8 Å². The van der Waals surface area contributed by atoms with Crippen LogP contribution in [0, 0.1) is 0 Å². The number of aliphatic hydroxyl groups excluding tert-OH is 1. The summed E-state index contributed by atoms with van der Waals surface area (Å²) in [6, 6.07) is 11.1. The van der Waals surface area contributed by atoms with Crippen LogP contribution >= 0.6 is 11.3 Å². The number of aliphatic hydroxyl groups is 1. The highest BCUT2D eigenvalue weighted by atomic mass is 32.1. The van der Waals surface area contributed by atoms with Crippen LogP contribution in [0.25, 0.3) is 26.7 Å². The predicted octanol–water partition coefficient (Wildman–Crippen LogP) is 3.35. The summed E-state index contributed by atoms with van der Waals surface area (Å²) >= 11 is 1.46. The molecule has 140 valence electrons. The van der Waals surface area contributed by atoms with Crippen molar-refractivity contribution < 1.29 is 14.6 Å². The molecule has 0 radical (unpaired) electrons. The second-order valence-electron chi connectivity index (χ2n) is 6.36. The molecule has 3 heterocycles. The Morgan fingerprint density at radius 3 is 2.61 bits per heavy atom. The average Bonchev–Trinajstić information content (AvgIpc) is 3.27. The second kappa shape index (κ2) is 6.07. The van der Waals surface area contributed by atoms with Crippen LogP contribution in [-0.4, -0.2) is 33.9 Å². The molecular formula is C20H15N3O4S. The van der Waals surface area contributed by atoms with Crippen molar-refractivity contribution >= 4 is 38.0 Å². The number of ether oxygens (including phenoxy) is 2. The Morgan fingerprint density at radius 1 is 1.11 bits per heavy atom. The Kier molecular flexibility index (Phi) is 3.63. The largest absolute Gasteiger partial charge is 0.510 e. The molecule has 28 heavy (non-hydrogen) atoms. The maximum Gasteiger partial charge on any atom is 0.281 e. The molecule has 0 unspecified atom stereocenters. The molecule has 0 fully saturated rings. The van der Waals surface area contributed by atoms with Gasteiger partial charge in [-0.2, -0.15) is 4.98 Å². The first-order valence-electron chi connectivity index (χ1n) is 8.55. The van der Waals surface area contributed by atoms with Gasteiger partial charge in [0, 0.05) is 6.07 Å². The first-order chi connectivity index (χ1) is 13.6. The van der Waals surface area contributed by atoms with Gasteiger partial charge in [0.2, 0.25) is 0 Å². The fourth-order valence-electron chi connectivity index (χ4n) is 3.50. The number of aromatic nitrogens is 3. The summed E-state index contributed by atoms with van der Waals surface area (Å²) in [5, 5.41) is 11.7. The van der Waals surface area contributed by atoms with Crippen LogP contribution in [-0.2, 0) is 6.54 Å². The summed E-state index contributed by atoms with van der Waals surface area (Å²) < 4.78 is 13.5. The van der Waals surface area contributed by atoms with Crippen LogP contribution in [0.4, 0.5) is 0 Å². The van der Waals surface area contributed by atoms with E-state index in [4.69, 9.17) is 9.47 Å². The molecule has 4 aromatic rings. The van der Waals surface area contributed by atoms with E-state index in [1.165, 1.54) is 25.6 Å². The van der Waals surface area contributed by atoms with Crippen molar-refractivity contribution in [3.8, 4) is 11.5 Å². The average molecular weight is 393 g/mol. The third-order valence-electron chi connectivity index (χ3n) is 4.81. The zero-order valence-electron chi connectivity index (χ0n) is 15.1. The zero-order valence-corrected chi connectivity index (χ0v) is 15.9. The van der Waals surface area contributed by atoms with E-state index in [2.05, 4.69) is 9.97 Å². The summed E-state index contributed by atoms with van der Waals surface area (Å²) in [4.78, 5) is 21.6. The second-order valence-corrected chi connectivity index (χ2v) is 7.39. The Labute approximate surface area is 163 Å². The monoisotopic (exact) mass is 393 g/mol. The number of methoxy groups -OCH3 is 2. The molecule has 0 amide bonds. The van der Waals surface area contributed by atoms with Crippen molar-refractivity contribution in [1.82, 2.24) is 14.5 Å². The lowest BCUT2D eigenvalue weighted by Crippen LogP contribution is -2.16. The molecule has 8 heteroatoms. The normalized spacial score (nSPS) is 13.4. The van der Waals surface area contributed by atoms with Gasteiger partial charge in [0.1, 0.15) is 10.8 Å². The lowest BCUT2D eigenvalue weighted by atomic mass is 10.2. The van der Waals surface area contributed by atoms with Crippen LogP contribution in [0.15, 0.2) is 47.0 Å². The highest BCUT2D eigenvalue weighted by Crippen LogP contribution is 2.38. The van der Waals surface area contributed by atoms with Crippen LogP contribution < -0.4 is 15.0 Å². The number of hydrogen-bond donors (Lipinski definition) is 1. The van der Waals surface area contributed by atoms with Gasteiger partial charge in [0.25, 0.3) is 5.56 Å². The van der Waals surface area contributed by atoms with Gasteiger partial charge in [-0.1, -0.05) is 12.1 Å². The molecule has 0 saturated carbocycles. The van der Waals surface area contributed by atoms with Crippen molar-refractivity contribution in [3.05, 3.63) is 63.3 Å². The van der Waals surface area contributed by atoms with E-state index in [-0.39, 0.29) is 12.3 Å². The highest BCUT2D eigenvalue weighted by molar-refractivity contribution is 7.19. The number of para-hydroxylation sites is 1. The third kappa shape index (κ3) is 2.31. The minimum absolute atomic E-state index is 0.133. The van der Waals surface area contributed by atoms with Gasteiger partial charge < -0.3 is 19.1 Å². The third-order valence-corrected chi connectivity index (χ3v) is 5.87. The zero-order chi connectivity index (χ0) is 19.4. The summed E-state index contributed by atoms with van der Waals surface area (Å²) in [6.45, 7) is 0.208. The smallest absolute Gasteiger partial charge is 0.281 e. The van der Waals surface area contributed by atoms with Crippen LogP contribution in [0.5, 0.6) is 11.5 Å². The Hall–Kier alpha value is -3.39. The van der Waals surface area contributed by atoms with Gasteiger partial charge in [-0.25, -0.2) is 4.98 Å². The van der Waals surface area contributed by atoms with Crippen molar-refractivity contribution in [3.63, 3.8) is 0 Å². The molecule has 2 aromatic heterocycles. The van der Waals surface area contributed by atoms with E-state index >= 15 is 0 Å². The molecule has 1 N–H and O–H groups in total. The first-order valence-corrected chi connectivity index (χ1v) is 9.37. The van der Waals surface area contributed by atoms with Gasteiger partial charge in [0.15, 0.2) is 17.3 Å². The highest BCUT2D eigenvalue weighted by Gasteiger charge is 2.29. The molecule has 0 bridgehead atoms. The van der Waals surface area contributed by atoms with Crippen LogP contribution in [0.2, 0.25) is 0 Å². The molecular weight excluding hydrogens is 378 g/mol. The topological polar surface area (TPSA) is 86.5 Å². The predicted molar refractivity (Wildman–Crippen MR) is 107 cm³/mol. The Balaban J connectivity index is 1.77. The fraction of sp³-hybridized carbons (Fsp3) is 0.150. The van der Waals surface area contributed by atoms with Crippen molar-refractivity contribution in [2.24, 2.45) is 0 Å². The number of hydrogen-bond acceptors (Lipinski definition) is 7. The summed E-state index contributed by atoms with van der Waals surface area (Å²) in [7, 11) is 3.05. The number of fused-ring (bicyclic) bond motifs is 4. The van der Waals surface area contributed by atoms with E-state index in [1.54, 1.807) is 16.7 Å². The van der Waals surface area contributed by atoms with Gasteiger partial charge in [-0.05, 0) is 18.2 Å². The van der Waals surface area contributed by atoms with Crippen molar-refractivity contribution in [2.45, 2.75) is 6.54 Å². The number of benzene rings is 2. The first kappa shape index (κ1) is 16.8. The van der Waals surface area contributed by atoms with Gasteiger partial charge >= 0.3 is 0 Å². The maximum atomic E-state index is 12.7. The Bertz CT molecular complexity index is 1320. The van der Waals surface area contributed by atoms with Crippen molar-refractivity contribution in [1.29, 1.82) is 0 Å². The molecule has 0 atom stereocenters. The number of nitrogens with zero attached hydrogens (tertiary/aromatic N) is 3. The molecule has 7 nitrogen and oxygen atoms in total. The van der Waals surface area contributed by atoms with Gasteiger partial charge in [0.05, 0.1) is 47.5 Å². The molecule has 0 spiro atoms. The molecule has 2 aromatic carbocycles. The van der Waals surface area contributed by atoms with Crippen LogP contribution in [0.1, 0.15) is 10.8 Å². The van der Waals surface area contributed by atoms with E-state index in [9.17, 15) is 9.90 Å². The molecule has 0 aliphatic carbocycles. The van der Waals surface area contributed by atoms with E-state index in [0.717, 1.165) is 10.2 Å². The quantitative estimate of drug-likeness (QED) is 0.574. The molecule has 1 aliphatic rings. The summed E-state index contributed by atoms with van der Waals surface area (Å²) in [5.74, 6) is 1.49. The maximum absolute atomic E-state index is 12.7. The minimum Gasteiger partial charge on any atom is -0.510 e. The molecule has 5 rings (SSSR count). The molecule has 0 saturated heterocycles. The SMILES string of the molecule is COc1cc2c(=O)nc3n(c2cc1OC)CC(O)=C3c1nc2ccccc2s1. The van der Waals surface area contributed by atoms with Gasteiger partial charge in [-0.15, -0.1) is 11.3 Å². The van der Waals surface area contributed by atoms with E-state index in [1.807, 2.05) is 24.3 Å². The number of rotatable bonds is 3. The van der Waals surface area contributed by atoms with Crippen molar-refractivity contribution in [2.75, 3.05) is 14.2 Å². The number of thiazole rings is 1. The summed E-state index contributed by atoms with van der Waals surface area (Å²) in [6.07, 6.45) is 0. The summed E-state index contributed by atoms with van der Waals surface area (Å²) in [5.41, 5.74) is 1.57. The fourth-order valence-corrected chi connectivity index (χ4v) is 4.53. The number of allylic oxidation sites excluding steroid dienone is 1. The lowest BCUT2D eigenvalue weighted by molar-refractivity contribution is 0.355. The minimum atomic E-state index is -0.393.